The lowest BCUT2D eigenvalue weighted by Gasteiger charge is -2.29. The molecule has 116 valence electrons. The van der Waals surface area contributed by atoms with Gasteiger partial charge < -0.3 is 16.0 Å². The van der Waals surface area contributed by atoms with E-state index in [0.717, 1.165) is 25.2 Å². The van der Waals surface area contributed by atoms with Gasteiger partial charge in [0.25, 0.3) is 0 Å². The average molecular weight is 289 g/mol. The Labute approximate surface area is 127 Å². The Bertz CT molecular complexity index is 429. The van der Waals surface area contributed by atoms with Crippen LogP contribution in [0.1, 0.15) is 44.2 Å². The first-order valence-corrected chi connectivity index (χ1v) is 7.97. The SMILES string of the molecule is CC(CN1CCCCC1)NC(=O)CC(N)c1ccccc1. The van der Waals surface area contributed by atoms with Gasteiger partial charge in [-0.05, 0) is 38.4 Å². The molecule has 0 aliphatic carbocycles. The fourth-order valence-electron chi connectivity index (χ4n) is 2.93. The van der Waals surface area contributed by atoms with Gasteiger partial charge in [0.1, 0.15) is 0 Å². The number of nitrogens with two attached hydrogens (primary N) is 1. The minimum Gasteiger partial charge on any atom is -0.352 e. The van der Waals surface area contributed by atoms with Gasteiger partial charge in [0.05, 0.1) is 0 Å². The lowest BCUT2D eigenvalue weighted by atomic mass is 10.0. The van der Waals surface area contributed by atoms with Crippen molar-refractivity contribution >= 4 is 5.91 Å². The zero-order chi connectivity index (χ0) is 15.1. The predicted molar refractivity (Wildman–Crippen MR) is 85.9 cm³/mol. The van der Waals surface area contributed by atoms with Crippen molar-refractivity contribution in [1.29, 1.82) is 0 Å². The summed E-state index contributed by atoms with van der Waals surface area (Å²) in [6.07, 6.45) is 4.23. The number of nitrogens with zero attached hydrogens (tertiary/aromatic N) is 1. The van der Waals surface area contributed by atoms with Gasteiger partial charge >= 0.3 is 0 Å². The maximum absolute atomic E-state index is 12.1. The summed E-state index contributed by atoms with van der Waals surface area (Å²) in [5, 5.41) is 3.07. The van der Waals surface area contributed by atoms with Crippen molar-refractivity contribution < 1.29 is 4.79 Å². The number of hydrogen-bond donors (Lipinski definition) is 2. The summed E-state index contributed by atoms with van der Waals surface area (Å²) in [6.45, 7) is 5.32. The standard InChI is InChI=1S/C17H27N3O/c1-14(13-20-10-6-3-7-11-20)19-17(21)12-16(18)15-8-4-2-5-9-15/h2,4-5,8-9,14,16H,3,6-7,10-13,18H2,1H3,(H,19,21). The van der Waals surface area contributed by atoms with Gasteiger partial charge in [0.2, 0.25) is 5.91 Å². The lowest BCUT2D eigenvalue weighted by Crippen LogP contribution is -2.44. The molecule has 1 saturated heterocycles. The van der Waals surface area contributed by atoms with Crippen LogP contribution in [0.25, 0.3) is 0 Å². The molecule has 1 amide bonds. The van der Waals surface area contributed by atoms with E-state index in [1.54, 1.807) is 0 Å². The highest BCUT2D eigenvalue weighted by atomic mass is 16.1. The number of carbonyl (C=O) groups is 1. The molecule has 1 aliphatic rings. The smallest absolute Gasteiger partial charge is 0.222 e. The van der Waals surface area contributed by atoms with Crippen LogP contribution in [-0.4, -0.2) is 36.5 Å². The first-order chi connectivity index (χ1) is 10.1. The molecule has 0 aromatic heterocycles. The second-order valence-corrected chi connectivity index (χ2v) is 6.05. The Morgan fingerprint density at radius 2 is 1.90 bits per heavy atom. The highest BCUT2D eigenvalue weighted by molar-refractivity contribution is 5.77. The van der Waals surface area contributed by atoms with Crippen LogP contribution in [0.5, 0.6) is 0 Å². The predicted octanol–water partition coefficient (Wildman–Crippen LogP) is 2.07. The number of nitrogens with one attached hydrogen (secondary N) is 1. The van der Waals surface area contributed by atoms with E-state index in [0.29, 0.717) is 6.42 Å². The van der Waals surface area contributed by atoms with E-state index in [9.17, 15) is 4.79 Å². The second kappa shape index (κ2) is 8.15. The van der Waals surface area contributed by atoms with Gasteiger partial charge in [-0.1, -0.05) is 36.8 Å². The Morgan fingerprint density at radius 1 is 1.24 bits per heavy atom. The maximum atomic E-state index is 12.1. The first-order valence-electron chi connectivity index (χ1n) is 7.97. The molecule has 2 rings (SSSR count). The quantitative estimate of drug-likeness (QED) is 0.843. The largest absolute Gasteiger partial charge is 0.352 e. The van der Waals surface area contributed by atoms with Crippen molar-refractivity contribution in [3.63, 3.8) is 0 Å². The number of piperidine rings is 1. The molecule has 0 spiro atoms. The summed E-state index contributed by atoms with van der Waals surface area (Å²) in [7, 11) is 0. The van der Waals surface area contributed by atoms with Crippen molar-refractivity contribution in [1.82, 2.24) is 10.2 Å². The molecule has 2 atom stereocenters. The Kier molecular flexibility index (Phi) is 6.21. The van der Waals surface area contributed by atoms with Crippen LogP contribution in [0.4, 0.5) is 0 Å². The molecule has 3 N–H and O–H groups in total. The van der Waals surface area contributed by atoms with Crippen LogP contribution in [0.3, 0.4) is 0 Å². The van der Waals surface area contributed by atoms with Crippen LogP contribution in [-0.2, 0) is 4.79 Å². The van der Waals surface area contributed by atoms with Gasteiger partial charge in [-0.25, -0.2) is 0 Å². The van der Waals surface area contributed by atoms with E-state index in [4.69, 9.17) is 5.73 Å². The summed E-state index contributed by atoms with van der Waals surface area (Å²) in [4.78, 5) is 14.5. The van der Waals surface area contributed by atoms with Gasteiger partial charge in [0.15, 0.2) is 0 Å². The van der Waals surface area contributed by atoms with Crippen molar-refractivity contribution in [3.05, 3.63) is 35.9 Å². The normalized spacial score (nSPS) is 19.0. The van der Waals surface area contributed by atoms with Crippen LogP contribution in [0.15, 0.2) is 30.3 Å². The van der Waals surface area contributed by atoms with E-state index in [1.165, 1.54) is 19.3 Å². The first kappa shape index (κ1) is 16.0. The molecule has 1 heterocycles. The zero-order valence-electron chi connectivity index (χ0n) is 12.9. The highest BCUT2D eigenvalue weighted by Crippen LogP contribution is 2.13. The Morgan fingerprint density at radius 3 is 2.57 bits per heavy atom. The molecule has 0 bridgehead atoms. The molecule has 0 saturated carbocycles. The average Bonchev–Trinajstić information content (AvgIpc) is 2.48. The van der Waals surface area contributed by atoms with Gasteiger partial charge in [0, 0.05) is 25.0 Å². The van der Waals surface area contributed by atoms with E-state index in [1.807, 2.05) is 30.3 Å². The van der Waals surface area contributed by atoms with Gasteiger partial charge in [-0.15, -0.1) is 0 Å². The van der Waals surface area contributed by atoms with E-state index < -0.39 is 0 Å². The van der Waals surface area contributed by atoms with Crippen LogP contribution in [0.2, 0.25) is 0 Å². The summed E-state index contributed by atoms with van der Waals surface area (Å²) in [5.41, 5.74) is 7.10. The second-order valence-electron chi connectivity index (χ2n) is 6.05. The number of hydrogen-bond acceptors (Lipinski definition) is 3. The third-order valence-corrected chi connectivity index (χ3v) is 4.02. The van der Waals surface area contributed by atoms with E-state index in [-0.39, 0.29) is 18.0 Å². The number of amides is 1. The fourth-order valence-corrected chi connectivity index (χ4v) is 2.93. The molecular formula is C17H27N3O. The molecule has 1 aromatic rings. The molecular weight excluding hydrogens is 262 g/mol. The van der Waals surface area contributed by atoms with Crippen LogP contribution >= 0.6 is 0 Å². The summed E-state index contributed by atoms with van der Waals surface area (Å²) < 4.78 is 0. The minimum atomic E-state index is -0.228. The molecule has 4 nitrogen and oxygen atoms in total. The Balaban J connectivity index is 1.73. The number of carbonyl (C=O) groups excluding carboxylic acids is 1. The van der Waals surface area contributed by atoms with Crippen molar-refractivity contribution in [2.75, 3.05) is 19.6 Å². The molecule has 0 radical (unpaired) electrons. The highest BCUT2D eigenvalue weighted by Gasteiger charge is 2.16. The monoisotopic (exact) mass is 289 g/mol. The third-order valence-electron chi connectivity index (χ3n) is 4.02. The number of likely N-dealkylation sites (tertiary alicyclic amines) is 1. The number of rotatable bonds is 6. The van der Waals surface area contributed by atoms with Crippen molar-refractivity contribution in [2.45, 2.75) is 44.7 Å². The minimum absolute atomic E-state index is 0.0378. The maximum Gasteiger partial charge on any atom is 0.222 e. The fraction of sp³-hybridized carbons (Fsp3) is 0.588. The van der Waals surface area contributed by atoms with Gasteiger partial charge in [-0.2, -0.15) is 0 Å². The van der Waals surface area contributed by atoms with E-state index in [2.05, 4.69) is 17.1 Å². The molecule has 21 heavy (non-hydrogen) atoms. The van der Waals surface area contributed by atoms with E-state index >= 15 is 0 Å². The van der Waals surface area contributed by atoms with Crippen LogP contribution in [0, 0.1) is 0 Å². The zero-order valence-corrected chi connectivity index (χ0v) is 12.9. The summed E-state index contributed by atoms with van der Waals surface area (Å²) in [6, 6.07) is 9.74. The topological polar surface area (TPSA) is 58.4 Å². The van der Waals surface area contributed by atoms with Gasteiger partial charge in [-0.3, -0.25) is 4.79 Å². The number of benzene rings is 1. The third kappa shape index (κ3) is 5.48. The Hall–Kier alpha value is -1.39. The van der Waals surface area contributed by atoms with Crippen molar-refractivity contribution in [2.24, 2.45) is 5.73 Å². The summed E-state index contributed by atoms with van der Waals surface area (Å²) >= 11 is 0. The lowest BCUT2D eigenvalue weighted by molar-refractivity contribution is -0.122. The molecule has 1 aromatic carbocycles. The van der Waals surface area contributed by atoms with Crippen molar-refractivity contribution in [3.8, 4) is 0 Å². The molecule has 4 heteroatoms. The van der Waals surface area contributed by atoms with Crippen LogP contribution < -0.4 is 11.1 Å². The summed E-state index contributed by atoms with van der Waals surface area (Å²) in [5.74, 6) is 0.0378. The molecule has 1 fully saturated rings. The molecule has 2 unspecified atom stereocenters. The molecule has 1 aliphatic heterocycles.